The molecule has 1 aromatic carbocycles. The third kappa shape index (κ3) is 4.42. The maximum atomic E-state index is 12.9. The second-order valence-electron chi connectivity index (χ2n) is 7.89. The van der Waals surface area contributed by atoms with Crippen molar-refractivity contribution in [3.8, 4) is 0 Å². The van der Waals surface area contributed by atoms with Gasteiger partial charge < -0.3 is 9.64 Å². The van der Waals surface area contributed by atoms with Crippen LogP contribution < -0.4 is 4.90 Å². The lowest BCUT2D eigenvalue weighted by Crippen LogP contribution is -2.54. The highest BCUT2D eigenvalue weighted by Gasteiger charge is 2.44. The Bertz CT molecular complexity index is 801. The number of piperazine rings is 1. The molecule has 2 aliphatic rings. The van der Waals surface area contributed by atoms with Gasteiger partial charge in [0.25, 0.3) is 5.91 Å². The van der Waals surface area contributed by atoms with E-state index in [1.54, 1.807) is 17.0 Å². The smallest absolute Gasteiger partial charge is 0.410 e. The van der Waals surface area contributed by atoms with Gasteiger partial charge in [-0.15, -0.1) is 0 Å². The molecule has 9 heteroatoms. The molecular formula is C19H23Cl2N3O4. The van der Waals surface area contributed by atoms with Crippen molar-refractivity contribution < 1.29 is 19.1 Å². The molecule has 0 radical (unpaired) electrons. The fourth-order valence-electron chi connectivity index (χ4n) is 3.36. The normalized spacial score (nSPS) is 21.4. The summed E-state index contributed by atoms with van der Waals surface area (Å²) in [4.78, 5) is 42.3. The van der Waals surface area contributed by atoms with Crippen LogP contribution in [-0.2, 0) is 14.3 Å². The molecule has 28 heavy (non-hydrogen) atoms. The number of carbonyl (C=O) groups is 3. The number of amides is 3. The fraction of sp³-hybridized carbons (Fsp3) is 0.526. The Morgan fingerprint density at radius 2 is 1.75 bits per heavy atom. The van der Waals surface area contributed by atoms with Gasteiger partial charge in [-0.25, -0.2) is 9.69 Å². The van der Waals surface area contributed by atoms with Crippen LogP contribution in [0.4, 0.5) is 10.5 Å². The summed E-state index contributed by atoms with van der Waals surface area (Å²) >= 11 is 12.1. The van der Waals surface area contributed by atoms with E-state index in [-0.39, 0.29) is 29.4 Å². The molecule has 3 amide bonds. The number of hydrogen-bond donors (Lipinski definition) is 0. The molecule has 152 valence electrons. The number of carbonyl (C=O) groups excluding carboxylic acids is 3. The number of hydrogen-bond acceptors (Lipinski definition) is 5. The molecule has 1 aromatic rings. The monoisotopic (exact) mass is 427 g/mol. The molecule has 0 saturated carbocycles. The number of imide groups is 1. The molecule has 0 aromatic heterocycles. The Morgan fingerprint density at radius 1 is 1.11 bits per heavy atom. The van der Waals surface area contributed by atoms with Crippen molar-refractivity contribution in [2.45, 2.75) is 38.8 Å². The summed E-state index contributed by atoms with van der Waals surface area (Å²) in [6.45, 7) is 7.32. The first-order valence-corrected chi connectivity index (χ1v) is 9.86. The van der Waals surface area contributed by atoms with E-state index in [2.05, 4.69) is 0 Å². The number of halogens is 2. The van der Waals surface area contributed by atoms with Gasteiger partial charge in [0.1, 0.15) is 5.60 Å². The van der Waals surface area contributed by atoms with Crippen LogP contribution in [0.2, 0.25) is 10.0 Å². The molecule has 2 saturated heterocycles. The van der Waals surface area contributed by atoms with Crippen LogP contribution in [-0.4, -0.2) is 65.5 Å². The van der Waals surface area contributed by atoms with Gasteiger partial charge in [-0.2, -0.15) is 0 Å². The van der Waals surface area contributed by atoms with Crippen LogP contribution in [0, 0.1) is 0 Å². The van der Waals surface area contributed by atoms with Gasteiger partial charge in [-0.05, 0) is 39.0 Å². The average Bonchev–Trinajstić information content (AvgIpc) is 2.88. The molecule has 0 bridgehead atoms. The number of benzene rings is 1. The summed E-state index contributed by atoms with van der Waals surface area (Å²) < 4.78 is 5.39. The highest BCUT2D eigenvalue weighted by Crippen LogP contribution is 2.33. The summed E-state index contributed by atoms with van der Waals surface area (Å²) in [5.74, 6) is -0.603. The van der Waals surface area contributed by atoms with Gasteiger partial charge >= 0.3 is 6.09 Å². The SMILES string of the molecule is CC(C)(C)OC(=O)N1CCN([C@H]2CC(=O)N(c3ccc(Cl)cc3Cl)C2=O)CC1. The van der Waals surface area contributed by atoms with Gasteiger partial charge in [0.05, 0.1) is 23.2 Å². The average molecular weight is 428 g/mol. The zero-order valence-electron chi connectivity index (χ0n) is 16.1. The molecule has 0 unspecified atom stereocenters. The third-order valence-corrected chi connectivity index (χ3v) is 5.22. The maximum Gasteiger partial charge on any atom is 0.410 e. The zero-order chi connectivity index (χ0) is 20.6. The molecule has 1 atom stereocenters. The highest BCUT2D eigenvalue weighted by atomic mass is 35.5. The van der Waals surface area contributed by atoms with Crippen molar-refractivity contribution >= 4 is 46.8 Å². The maximum absolute atomic E-state index is 12.9. The van der Waals surface area contributed by atoms with Crippen molar-refractivity contribution in [1.82, 2.24) is 9.80 Å². The Labute approximate surface area is 174 Å². The van der Waals surface area contributed by atoms with Crippen molar-refractivity contribution in [2.75, 3.05) is 31.1 Å². The van der Waals surface area contributed by atoms with E-state index >= 15 is 0 Å². The molecule has 0 aliphatic carbocycles. The predicted octanol–water partition coefficient (Wildman–Crippen LogP) is 3.18. The van der Waals surface area contributed by atoms with Crippen molar-refractivity contribution in [3.05, 3.63) is 28.2 Å². The minimum atomic E-state index is -0.556. The van der Waals surface area contributed by atoms with Crippen LogP contribution in [0.1, 0.15) is 27.2 Å². The van der Waals surface area contributed by atoms with Crippen molar-refractivity contribution in [1.29, 1.82) is 0 Å². The Kier molecular flexibility index (Phi) is 5.89. The van der Waals surface area contributed by atoms with E-state index in [0.29, 0.717) is 36.9 Å². The Morgan fingerprint density at radius 3 is 2.32 bits per heavy atom. The fourth-order valence-corrected chi connectivity index (χ4v) is 3.85. The van der Waals surface area contributed by atoms with E-state index in [9.17, 15) is 14.4 Å². The Hall–Kier alpha value is -1.83. The summed E-state index contributed by atoms with van der Waals surface area (Å²) in [6.07, 6.45) is -0.278. The van der Waals surface area contributed by atoms with Crippen LogP contribution in [0.15, 0.2) is 18.2 Å². The van der Waals surface area contributed by atoms with Crippen LogP contribution in [0.5, 0.6) is 0 Å². The lowest BCUT2D eigenvalue weighted by atomic mass is 10.1. The minimum absolute atomic E-state index is 0.0875. The summed E-state index contributed by atoms with van der Waals surface area (Å²) in [5, 5.41) is 0.687. The lowest BCUT2D eigenvalue weighted by molar-refractivity contribution is -0.123. The van der Waals surface area contributed by atoms with Gasteiger partial charge in [0.15, 0.2) is 0 Å². The first-order chi connectivity index (χ1) is 13.1. The molecule has 3 rings (SSSR count). The highest BCUT2D eigenvalue weighted by molar-refractivity contribution is 6.38. The predicted molar refractivity (Wildman–Crippen MR) is 107 cm³/mol. The first kappa shape index (κ1) is 20.9. The number of anilines is 1. The topological polar surface area (TPSA) is 70.2 Å². The summed E-state index contributed by atoms with van der Waals surface area (Å²) in [5.41, 5.74) is -0.212. The second kappa shape index (κ2) is 7.89. The first-order valence-electron chi connectivity index (χ1n) is 9.10. The van der Waals surface area contributed by atoms with Gasteiger partial charge in [0.2, 0.25) is 5.91 Å². The molecule has 2 heterocycles. The Balaban J connectivity index is 1.65. The van der Waals surface area contributed by atoms with E-state index in [1.165, 1.54) is 6.07 Å². The summed E-state index contributed by atoms with van der Waals surface area (Å²) in [7, 11) is 0. The molecule has 2 aliphatic heterocycles. The lowest BCUT2D eigenvalue weighted by Gasteiger charge is -2.37. The van der Waals surface area contributed by atoms with E-state index in [0.717, 1.165) is 4.90 Å². The van der Waals surface area contributed by atoms with Gasteiger partial charge in [0, 0.05) is 31.2 Å². The van der Waals surface area contributed by atoms with Crippen molar-refractivity contribution in [3.63, 3.8) is 0 Å². The quantitative estimate of drug-likeness (QED) is 0.677. The van der Waals surface area contributed by atoms with E-state index < -0.39 is 11.6 Å². The standard InChI is InChI=1S/C19H23Cl2N3O4/c1-19(2,3)28-18(27)23-8-6-22(7-9-23)15-11-16(25)24(17(15)26)14-5-4-12(20)10-13(14)21/h4-5,10,15H,6-9,11H2,1-3H3/t15-/m0/s1. The van der Waals surface area contributed by atoms with Crippen molar-refractivity contribution in [2.24, 2.45) is 0 Å². The molecule has 2 fully saturated rings. The number of rotatable bonds is 2. The largest absolute Gasteiger partial charge is 0.444 e. The zero-order valence-corrected chi connectivity index (χ0v) is 17.6. The van der Waals surface area contributed by atoms with E-state index in [4.69, 9.17) is 27.9 Å². The third-order valence-electron chi connectivity index (χ3n) is 4.68. The van der Waals surface area contributed by atoms with Gasteiger partial charge in [-0.1, -0.05) is 23.2 Å². The number of nitrogens with zero attached hydrogens (tertiary/aromatic N) is 3. The van der Waals surface area contributed by atoms with Crippen LogP contribution >= 0.6 is 23.2 Å². The summed E-state index contributed by atoms with van der Waals surface area (Å²) in [6, 6.07) is 4.12. The van der Waals surface area contributed by atoms with E-state index in [1.807, 2.05) is 25.7 Å². The number of ether oxygens (including phenoxy) is 1. The minimum Gasteiger partial charge on any atom is -0.444 e. The van der Waals surface area contributed by atoms with Gasteiger partial charge in [-0.3, -0.25) is 14.5 Å². The second-order valence-corrected chi connectivity index (χ2v) is 8.73. The molecule has 7 nitrogen and oxygen atoms in total. The molecular weight excluding hydrogens is 405 g/mol. The molecule has 0 spiro atoms. The van der Waals surface area contributed by atoms with Crippen LogP contribution in [0.3, 0.4) is 0 Å². The molecule has 0 N–H and O–H groups in total. The van der Waals surface area contributed by atoms with Crippen LogP contribution in [0.25, 0.3) is 0 Å².